The smallest absolute Gasteiger partial charge is 0.274 e. The van der Waals surface area contributed by atoms with Crippen LogP contribution in [-0.2, 0) is 13.0 Å². The van der Waals surface area contributed by atoms with Crippen LogP contribution in [0.5, 0.6) is 0 Å². The maximum absolute atomic E-state index is 13.0. The maximum atomic E-state index is 13.0. The van der Waals surface area contributed by atoms with Crippen molar-refractivity contribution in [1.29, 1.82) is 0 Å². The quantitative estimate of drug-likeness (QED) is 0.881. The summed E-state index contributed by atoms with van der Waals surface area (Å²) in [6.07, 6.45) is 9.93. The van der Waals surface area contributed by atoms with Crippen molar-refractivity contribution < 1.29 is 4.79 Å². The zero-order valence-corrected chi connectivity index (χ0v) is 13.2. The topological polar surface area (TPSA) is 61.0 Å². The van der Waals surface area contributed by atoms with Crippen molar-refractivity contribution >= 4 is 5.91 Å². The summed E-state index contributed by atoms with van der Waals surface area (Å²) in [5, 5.41) is 10.8. The minimum Gasteiger partial charge on any atom is -0.334 e. The molecule has 2 aliphatic heterocycles. The molecule has 1 saturated carbocycles. The molecule has 1 amide bonds. The van der Waals surface area contributed by atoms with Crippen LogP contribution >= 0.6 is 0 Å². The standard InChI is InChI=1S/C17H26N4O/c22-17(16-13-11-18-9-8-14(13)19-20-16)21-10-4-7-15(21)12-5-2-1-3-6-12/h12,15,18H,1-11H2,(H,19,20). The maximum Gasteiger partial charge on any atom is 0.274 e. The van der Waals surface area contributed by atoms with Gasteiger partial charge in [0.1, 0.15) is 0 Å². The molecular formula is C17H26N4O. The minimum absolute atomic E-state index is 0.161. The first-order chi connectivity index (χ1) is 10.8. The Hall–Kier alpha value is -1.36. The van der Waals surface area contributed by atoms with E-state index in [9.17, 15) is 4.79 Å². The average molecular weight is 302 g/mol. The third-order valence-corrected chi connectivity index (χ3v) is 5.76. The number of carbonyl (C=O) groups is 1. The molecule has 22 heavy (non-hydrogen) atoms. The van der Waals surface area contributed by atoms with Crippen LogP contribution < -0.4 is 5.32 Å². The Bertz CT molecular complexity index is 547. The third-order valence-electron chi connectivity index (χ3n) is 5.76. The normalized spacial score (nSPS) is 26.2. The highest BCUT2D eigenvalue weighted by molar-refractivity contribution is 5.94. The van der Waals surface area contributed by atoms with E-state index in [0.717, 1.165) is 43.7 Å². The number of aromatic amines is 1. The van der Waals surface area contributed by atoms with Crippen LogP contribution in [0.1, 0.15) is 66.7 Å². The number of nitrogens with zero attached hydrogens (tertiary/aromatic N) is 2. The lowest BCUT2D eigenvalue weighted by molar-refractivity contribution is 0.0654. The van der Waals surface area contributed by atoms with Crippen molar-refractivity contribution in [3.8, 4) is 0 Å². The second-order valence-corrected chi connectivity index (χ2v) is 7.06. The van der Waals surface area contributed by atoms with E-state index in [4.69, 9.17) is 0 Å². The third kappa shape index (κ3) is 2.45. The molecule has 1 saturated heterocycles. The molecular weight excluding hydrogens is 276 g/mol. The van der Waals surface area contributed by atoms with E-state index in [1.165, 1.54) is 38.5 Å². The molecule has 3 aliphatic rings. The molecule has 1 aromatic rings. The van der Waals surface area contributed by atoms with Crippen molar-refractivity contribution in [3.05, 3.63) is 17.0 Å². The Morgan fingerprint density at radius 1 is 1.14 bits per heavy atom. The van der Waals surface area contributed by atoms with Crippen molar-refractivity contribution in [2.75, 3.05) is 13.1 Å². The highest BCUT2D eigenvalue weighted by Gasteiger charge is 2.37. The van der Waals surface area contributed by atoms with E-state index in [-0.39, 0.29) is 5.91 Å². The van der Waals surface area contributed by atoms with Crippen LogP contribution in [0.4, 0.5) is 0 Å². The molecule has 0 aromatic carbocycles. The molecule has 2 fully saturated rings. The van der Waals surface area contributed by atoms with Gasteiger partial charge in [-0.2, -0.15) is 5.10 Å². The summed E-state index contributed by atoms with van der Waals surface area (Å²) < 4.78 is 0. The average Bonchev–Trinajstić information content (AvgIpc) is 3.22. The largest absolute Gasteiger partial charge is 0.334 e. The van der Waals surface area contributed by atoms with E-state index in [1.807, 2.05) is 0 Å². The lowest BCUT2D eigenvalue weighted by Gasteiger charge is -2.34. The molecule has 0 spiro atoms. The predicted octanol–water partition coefficient (Wildman–Crippen LogP) is 2.24. The zero-order valence-electron chi connectivity index (χ0n) is 13.2. The van der Waals surface area contributed by atoms with Gasteiger partial charge in [0.15, 0.2) is 5.69 Å². The van der Waals surface area contributed by atoms with Crippen LogP contribution in [0.15, 0.2) is 0 Å². The van der Waals surface area contributed by atoms with Gasteiger partial charge in [-0.1, -0.05) is 19.3 Å². The summed E-state index contributed by atoms with van der Waals surface area (Å²) in [5.74, 6) is 0.877. The molecule has 4 rings (SSSR count). The van der Waals surface area contributed by atoms with Crippen LogP contribution in [0.25, 0.3) is 0 Å². The number of aromatic nitrogens is 2. The highest BCUT2D eigenvalue weighted by Crippen LogP contribution is 2.35. The summed E-state index contributed by atoms with van der Waals surface area (Å²) in [4.78, 5) is 15.2. The summed E-state index contributed by atoms with van der Waals surface area (Å²) in [7, 11) is 0. The van der Waals surface area contributed by atoms with Gasteiger partial charge in [-0.3, -0.25) is 9.89 Å². The summed E-state index contributed by atoms with van der Waals surface area (Å²) >= 11 is 0. The SMILES string of the molecule is O=C(c1n[nH]c2c1CNCC2)N1CCCC1C1CCCCC1. The van der Waals surface area contributed by atoms with Crippen LogP contribution in [-0.4, -0.2) is 40.1 Å². The number of fused-ring (bicyclic) bond motifs is 1. The molecule has 1 aromatic heterocycles. The number of hydrogen-bond acceptors (Lipinski definition) is 3. The first-order valence-electron chi connectivity index (χ1n) is 8.92. The molecule has 1 unspecified atom stereocenters. The number of carbonyl (C=O) groups excluding carboxylic acids is 1. The molecule has 1 atom stereocenters. The fraction of sp³-hybridized carbons (Fsp3) is 0.765. The predicted molar refractivity (Wildman–Crippen MR) is 84.6 cm³/mol. The Morgan fingerprint density at radius 2 is 2.00 bits per heavy atom. The number of H-pyrrole nitrogens is 1. The van der Waals surface area contributed by atoms with Crippen molar-refractivity contribution in [1.82, 2.24) is 20.4 Å². The molecule has 5 nitrogen and oxygen atoms in total. The van der Waals surface area contributed by atoms with Crippen molar-refractivity contribution in [2.24, 2.45) is 5.92 Å². The summed E-state index contributed by atoms with van der Waals surface area (Å²) in [6.45, 7) is 2.65. The van der Waals surface area contributed by atoms with E-state index in [1.54, 1.807) is 0 Å². The Labute approximate surface area is 131 Å². The molecule has 0 radical (unpaired) electrons. The van der Waals surface area contributed by atoms with Gasteiger partial charge in [-0.15, -0.1) is 0 Å². The molecule has 3 heterocycles. The van der Waals surface area contributed by atoms with Gasteiger partial charge < -0.3 is 10.2 Å². The highest BCUT2D eigenvalue weighted by atomic mass is 16.2. The van der Waals surface area contributed by atoms with Gasteiger partial charge in [-0.05, 0) is 31.6 Å². The zero-order chi connectivity index (χ0) is 14.9. The lowest BCUT2D eigenvalue weighted by atomic mass is 9.83. The van der Waals surface area contributed by atoms with Crippen molar-refractivity contribution in [3.63, 3.8) is 0 Å². The molecule has 5 heteroatoms. The van der Waals surface area contributed by atoms with E-state index >= 15 is 0 Å². The van der Waals surface area contributed by atoms with E-state index in [0.29, 0.717) is 17.7 Å². The first-order valence-corrected chi connectivity index (χ1v) is 8.92. The van der Waals surface area contributed by atoms with E-state index in [2.05, 4.69) is 20.4 Å². The second kappa shape index (κ2) is 6.03. The Balaban J connectivity index is 1.55. The lowest BCUT2D eigenvalue weighted by Crippen LogP contribution is -2.41. The van der Waals surface area contributed by atoms with Crippen LogP contribution in [0.3, 0.4) is 0 Å². The summed E-state index contributed by atoms with van der Waals surface area (Å²) in [6, 6.07) is 0.455. The molecule has 1 aliphatic carbocycles. The monoisotopic (exact) mass is 302 g/mol. The van der Waals surface area contributed by atoms with Gasteiger partial charge in [0.2, 0.25) is 0 Å². The molecule has 120 valence electrons. The van der Waals surface area contributed by atoms with Gasteiger partial charge in [0.05, 0.1) is 0 Å². The fourth-order valence-corrected chi connectivity index (χ4v) is 4.59. The van der Waals surface area contributed by atoms with Crippen molar-refractivity contribution in [2.45, 2.75) is 64.0 Å². The minimum atomic E-state index is 0.161. The van der Waals surface area contributed by atoms with Gasteiger partial charge in [0, 0.05) is 43.4 Å². The number of rotatable bonds is 2. The molecule has 0 bridgehead atoms. The van der Waals surface area contributed by atoms with Gasteiger partial charge >= 0.3 is 0 Å². The number of nitrogens with one attached hydrogen (secondary N) is 2. The van der Waals surface area contributed by atoms with Gasteiger partial charge in [0.25, 0.3) is 5.91 Å². The van der Waals surface area contributed by atoms with E-state index < -0.39 is 0 Å². The van der Waals surface area contributed by atoms with Crippen LogP contribution in [0.2, 0.25) is 0 Å². The fourth-order valence-electron chi connectivity index (χ4n) is 4.59. The Kier molecular flexibility index (Phi) is 3.90. The van der Waals surface area contributed by atoms with Crippen LogP contribution in [0, 0.1) is 5.92 Å². The number of amides is 1. The first kappa shape index (κ1) is 14.2. The number of likely N-dealkylation sites (tertiary alicyclic amines) is 1. The summed E-state index contributed by atoms with van der Waals surface area (Å²) in [5.41, 5.74) is 2.92. The molecule has 2 N–H and O–H groups in total. The van der Waals surface area contributed by atoms with Gasteiger partial charge in [-0.25, -0.2) is 0 Å². The Morgan fingerprint density at radius 3 is 2.86 bits per heavy atom. The second-order valence-electron chi connectivity index (χ2n) is 7.06. The number of hydrogen-bond donors (Lipinski definition) is 2.